The Balaban J connectivity index is -0.000000117. The average Bonchev–Trinajstić information content (AvgIpc) is 1.86. The van der Waals surface area contributed by atoms with Crippen molar-refractivity contribution in [2.45, 2.75) is 58.0 Å². The van der Waals surface area contributed by atoms with E-state index in [0.717, 1.165) is 0 Å². The molecule has 0 saturated heterocycles. The SMILES string of the molecule is CC(C)[O-].CC(C)[O-].CC[CH2][Ti+2][NH2]. The van der Waals surface area contributed by atoms with Crippen LogP contribution in [0.5, 0.6) is 0 Å². The van der Waals surface area contributed by atoms with Crippen molar-refractivity contribution in [3.8, 4) is 0 Å². The molecule has 0 aliphatic heterocycles. The first-order valence-electron chi connectivity index (χ1n) is 4.63. The predicted molar refractivity (Wildman–Crippen MR) is 49.6 cm³/mol. The van der Waals surface area contributed by atoms with Crippen molar-refractivity contribution in [2.24, 2.45) is 4.22 Å². The summed E-state index contributed by atoms with van der Waals surface area (Å²) in [6.07, 6.45) is 0.441. The van der Waals surface area contributed by atoms with Gasteiger partial charge in [-0.25, -0.2) is 0 Å². The summed E-state index contributed by atoms with van der Waals surface area (Å²) in [4.78, 5) is 0. The molecule has 0 unspecified atom stereocenters. The van der Waals surface area contributed by atoms with Crippen LogP contribution < -0.4 is 14.4 Å². The monoisotopic (exact) mass is 225 g/mol. The number of nitrogens with two attached hydrogens (primary N) is 1. The Hall–Kier alpha value is 0.594. The minimum atomic E-state index is -0.417. The summed E-state index contributed by atoms with van der Waals surface area (Å²) in [6, 6.07) is 0. The van der Waals surface area contributed by atoms with Crippen LogP contribution in [0.15, 0.2) is 0 Å². The molecule has 2 N–H and O–H groups in total. The molecule has 0 aromatic carbocycles. The Bertz CT molecular complexity index is 57.1. The quantitative estimate of drug-likeness (QED) is 0.686. The molecule has 13 heavy (non-hydrogen) atoms. The van der Waals surface area contributed by atoms with E-state index >= 15 is 0 Å². The van der Waals surface area contributed by atoms with Gasteiger partial charge in [0.15, 0.2) is 0 Å². The Morgan fingerprint density at radius 1 is 1.08 bits per heavy atom. The molecular formula is C9H23NO2Ti. The molecule has 0 aromatic rings. The summed E-state index contributed by atoms with van der Waals surface area (Å²) in [5.74, 6) is 0. The Labute approximate surface area is 92.0 Å². The summed E-state index contributed by atoms with van der Waals surface area (Å²) in [5, 5.41) is 19.1. The average molecular weight is 225 g/mol. The molecule has 0 aliphatic carbocycles. The van der Waals surface area contributed by atoms with Gasteiger partial charge in [0.25, 0.3) is 0 Å². The zero-order valence-electron chi connectivity index (χ0n) is 9.46. The molecule has 3 nitrogen and oxygen atoms in total. The second-order valence-corrected chi connectivity index (χ2v) is 4.47. The fourth-order valence-electron chi connectivity index (χ4n) is 0.144. The molecule has 0 atom stereocenters. The first kappa shape index (κ1) is 19.2. The number of hydrogen-bond donors (Lipinski definition) is 1. The van der Waals surface area contributed by atoms with E-state index in [-0.39, 0.29) is 19.4 Å². The normalized spacial score (nSPS) is 8.15. The van der Waals surface area contributed by atoms with Gasteiger partial charge in [-0.05, 0) is 0 Å². The van der Waals surface area contributed by atoms with Gasteiger partial charge in [0.1, 0.15) is 0 Å². The fraction of sp³-hybridized carbons (Fsp3) is 1.00. The number of rotatable bonds is 2. The topological polar surface area (TPSA) is 72.1 Å². The molecule has 0 aliphatic rings. The Morgan fingerprint density at radius 3 is 1.31 bits per heavy atom. The summed E-state index contributed by atoms with van der Waals surface area (Å²) in [7, 11) is 0. The van der Waals surface area contributed by atoms with Crippen LogP contribution in [0.3, 0.4) is 0 Å². The van der Waals surface area contributed by atoms with E-state index in [1.165, 1.54) is 11.1 Å². The van der Waals surface area contributed by atoms with Crippen molar-refractivity contribution < 1.29 is 29.6 Å². The Kier molecular flexibility index (Phi) is 27.2. The zero-order chi connectivity index (χ0) is 11.3. The van der Waals surface area contributed by atoms with Crippen molar-refractivity contribution in [1.29, 1.82) is 0 Å². The van der Waals surface area contributed by atoms with Crippen LogP contribution in [0, 0.1) is 0 Å². The third kappa shape index (κ3) is 210. The van der Waals surface area contributed by atoms with Crippen LogP contribution in [-0.4, -0.2) is 12.2 Å². The van der Waals surface area contributed by atoms with E-state index in [1.807, 2.05) is 0 Å². The van der Waals surface area contributed by atoms with E-state index in [4.69, 9.17) is 4.22 Å². The van der Waals surface area contributed by atoms with E-state index in [0.29, 0.717) is 0 Å². The molecule has 4 heteroatoms. The van der Waals surface area contributed by atoms with Crippen LogP contribution in [0.2, 0.25) is 4.73 Å². The second-order valence-electron chi connectivity index (χ2n) is 3.05. The maximum atomic E-state index is 9.53. The van der Waals surface area contributed by atoms with Gasteiger partial charge in [0.2, 0.25) is 0 Å². The zero-order valence-corrected chi connectivity index (χ0v) is 11.0. The van der Waals surface area contributed by atoms with Gasteiger partial charge < -0.3 is 10.2 Å². The second kappa shape index (κ2) is 18.4. The molecule has 0 radical (unpaired) electrons. The van der Waals surface area contributed by atoms with Gasteiger partial charge in [-0.1, -0.05) is 27.7 Å². The first-order valence-corrected chi connectivity index (χ1v) is 6.64. The molecule has 0 spiro atoms. The molecule has 0 rings (SSSR count). The van der Waals surface area contributed by atoms with Crippen molar-refractivity contribution in [2.75, 3.05) is 0 Å². The van der Waals surface area contributed by atoms with E-state index in [9.17, 15) is 10.2 Å². The third-order valence-electron chi connectivity index (χ3n) is 0.394. The van der Waals surface area contributed by atoms with E-state index in [2.05, 4.69) is 6.92 Å². The standard InChI is InChI=1S/2C3H7O.C3H7.H2N.Ti/c2*1-3(2)4;1-3-2;;/h2*3H,1-2H3;1,3H2,2H3;1H2;/q2*-1;;-1;+3. The minimum absolute atomic E-state index is 0.00694. The van der Waals surface area contributed by atoms with Gasteiger partial charge in [-0.3, -0.25) is 0 Å². The van der Waals surface area contributed by atoms with Crippen LogP contribution >= 0.6 is 0 Å². The number of hydrogen-bond acceptors (Lipinski definition) is 3. The van der Waals surface area contributed by atoms with Crippen molar-refractivity contribution >= 4 is 0 Å². The van der Waals surface area contributed by atoms with Gasteiger partial charge in [0, 0.05) is 0 Å². The van der Waals surface area contributed by atoms with Crippen molar-refractivity contribution in [3.63, 3.8) is 0 Å². The molecule has 0 fully saturated rings. The molecule has 0 bridgehead atoms. The van der Waals surface area contributed by atoms with E-state index in [1.54, 1.807) is 27.7 Å². The molecule has 80 valence electrons. The molecule has 0 saturated carbocycles. The van der Waals surface area contributed by atoms with Crippen molar-refractivity contribution in [3.05, 3.63) is 0 Å². The first-order chi connectivity index (χ1) is 5.88. The molecule has 0 amide bonds. The summed E-state index contributed by atoms with van der Waals surface area (Å²) in [6.45, 7) is 8.61. The van der Waals surface area contributed by atoms with Crippen LogP contribution in [-0.2, 0) is 19.4 Å². The maximum absolute atomic E-state index is 9.53. The third-order valence-corrected chi connectivity index (χ3v) is 1.63. The fourth-order valence-corrected chi connectivity index (χ4v) is 0.595. The van der Waals surface area contributed by atoms with Gasteiger partial charge >= 0.3 is 41.7 Å². The van der Waals surface area contributed by atoms with Crippen LogP contribution in [0.4, 0.5) is 0 Å². The summed E-state index contributed by atoms with van der Waals surface area (Å²) < 4.78 is 6.56. The molecule has 0 aromatic heterocycles. The van der Waals surface area contributed by atoms with Gasteiger partial charge in [-0.15, -0.1) is 12.2 Å². The summed E-state index contributed by atoms with van der Waals surface area (Å²) in [5.41, 5.74) is 0. The summed E-state index contributed by atoms with van der Waals surface area (Å²) >= 11 is 0.00694. The van der Waals surface area contributed by atoms with Crippen LogP contribution in [0.1, 0.15) is 41.0 Å². The predicted octanol–water partition coefficient (Wildman–Crippen LogP) is 0.281. The van der Waals surface area contributed by atoms with Gasteiger partial charge in [0.05, 0.1) is 0 Å². The van der Waals surface area contributed by atoms with Gasteiger partial charge in [-0.2, -0.15) is 0 Å². The molecular weight excluding hydrogens is 202 g/mol. The van der Waals surface area contributed by atoms with Crippen LogP contribution in [0.25, 0.3) is 0 Å². The van der Waals surface area contributed by atoms with E-state index < -0.39 is 12.2 Å². The Morgan fingerprint density at radius 2 is 1.31 bits per heavy atom. The van der Waals surface area contributed by atoms with Crippen molar-refractivity contribution in [1.82, 2.24) is 0 Å². The molecule has 0 heterocycles.